The molecule has 0 radical (unpaired) electrons. The van der Waals surface area contributed by atoms with Crippen molar-refractivity contribution >= 4 is 124 Å². The molecule has 3 amide bonds. The summed E-state index contributed by atoms with van der Waals surface area (Å²) in [5, 5.41) is 18.3. The Morgan fingerprint density at radius 2 is 0.898 bits per heavy atom. The van der Waals surface area contributed by atoms with Crippen LogP contribution in [-0.2, 0) is 92.5 Å². The Morgan fingerprint density at radius 3 is 1.29 bits per heavy atom. The number of alkyl carbamates (subject to hydrolysis) is 1. The molecule has 0 spiro atoms. The predicted molar refractivity (Wildman–Crippen MR) is 464 cm³/mol. The van der Waals surface area contributed by atoms with E-state index < -0.39 is 124 Å². The molecule has 642 valence electrons. The highest BCUT2D eigenvalue weighted by molar-refractivity contribution is 6.67. The maximum atomic E-state index is 14.0. The summed E-state index contributed by atoms with van der Waals surface area (Å²) < 4.78 is 42.7. The first-order valence-corrected chi connectivity index (χ1v) is 40.0. The number of amides is 3. The van der Waals surface area contributed by atoms with E-state index in [1.807, 2.05) is 187 Å². The molecule has 0 saturated heterocycles. The van der Waals surface area contributed by atoms with Gasteiger partial charge in [0.2, 0.25) is 15.6 Å². The number of rotatable bonds is 42. The van der Waals surface area contributed by atoms with Gasteiger partial charge in [-0.25, -0.2) is 24.0 Å². The van der Waals surface area contributed by atoms with Crippen molar-refractivity contribution < 1.29 is 86.2 Å². The van der Waals surface area contributed by atoms with Crippen molar-refractivity contribution in [2.75, 3.05) is 20.8 Å². The second-order valence-corrected chi connectivity index (χ2v) is 33.0. The molecule has 23 nitrogen and oxygen atoms in total. The standard InChI is InChI=1S/C48H58Cl4N2O10.C41H49ClN2O8.CH4.H3N/c1-31(2)25-41(62-43(56)29-36(26-34-17-12-9-13-18-34)53-46(59)64-47(4,5)6)45(58)63-39(32(3)21-22-33-15-10-8-11-16-33)19-14-20-42(55)54-38(44(57)61-30-48(50,51)52)28-35-23-24-40(60-7)37(49)27-35;1-27(2)22-37(51-39(46)26-32(43)23-30-14-9-6-10-15-30)41(49)52-35(28(3)18-19-29-12-7-5-8-13-29)16-11-17-38(45)44-34(40(47)48)25-31-20-21-36(50-4)33(42)24-31;;/h8-18,20-24,27,31-32,36,38-39,41H,19,25-26,28-30H2,1-7H3,(H,53,59)(H,54,55);5-15,17-21,24,27-28,32,34-35,37H,16,22-23,25-26,43H2,1-4H3,(H,44,45)(H,47,48);1H4;1H3/b20-14+,22-21+;17-11+,19-18+;;/t32-,36-,38-,39+,41+;28-,32-,34-,35+,37+;;/m11../s1. The predicted octanol–water partition coefficient (Wildman–Crippen LogP) is 17.4. The Hall–Kier alpha value is -9.72. The summed E-state index contributed by atoms with van der Waals surface area (Å²) in [5.74, 6) is -6.08. The number of hydrogen-bond acceptors (Lipinski definition) is 19. The van der Waals surface area contributed by atoms with E-state index in [-0.39, 0.29) is 82.7 Å². The second-order valence-electron chi connectivity index (χ2n) is 29.6. The van der Waals surface area contributed by atoms with E-state index in [1.165, 1.54) is 38.5 Å². The molecule has 118 heavy (non-hydrogen) atoms. The lowest BCUT2D eigenvalue weighted by Gasteiger charge is -2.26. The van der Waals surface area contributed by atoms with E-state index in [2.05, 4.69) is 16.0 Å². The molecular formula is C90H114Cl5N5O18. The van der Waals surface area contributed by atoms with Crippen LogP contribution in [0.15, 0.2) is 194 Å². The number of halogens is 5. The highest BCUT2D eigenvalue weighted by Crippen LogP contribution is 2.30. The van der Waals surface area contributed by atoms with Crippen LogP contribution in [0.25, 0.3) is 12.2 Å². The highest BCUT2D eigenvalue weighted by Gasteiger charge is 2.34. The molecule has 6 rings (SSSR count). The zero-order valence-corrected chi connectivity index (χ0v) is 71.7. The number of methoxy groups -OCH3 is 2. The highest BCUT2D eigenvalue weighted by atomic mass is 35.6. The van der Waals surface area contributed by atoms with Crippen LogP contribution in [0.2, 0.25) is 10.0 Å². The minimum atomic E-state index is -1.89. The number of carbonyl (C=O) groups excluding carboxylic acids is 8. The maximum absolute atomic E-state index is 14.0. The van der Waals surface area contributed by atoms with Crippen LogP contribution in [0.4, 0.5) is 4.79 Å². The third-order valence-electron chi connectivity index (χ3n) is 17.3. The van der Waals surface area contributed by atoms with Gasteiger partial charge >= 0.3 is 41.9 Å². The Labute approximate surface area is 718 Å². The summed E-state index contributed by atoms with van der Waals surface area (Å²) in [5.41, 5.74) is 10.4. The summed E-state index contributed by atoms with van der Waals surface area (Å²) in [6.45, 7) is 15.9. The average molecular weight is 1730 g/mol. The number of ether oxygens (including phenoxy) is 8. The molecule has 0 saturated carbocycles. The molecule has 0 aliphatic rings. The van der Waals surface area contributed by atoms with Crippen molar-refractivity contribution in [2.24, 2.45) is 29.4 Å². The van der Waals surface area contributed by atoms with Gasteiger partial charge in [-0.15, -0.1) is 0 Å². The summed E-state index contributed by atoms with van der Waals surface area (Å²) in [6.07, 6.45) is 9.30. The van der Waals surface area contributed by atoms with Crippen LogP contribution in [0.1, 0.15) is 142 Å². The molecule has 9 N–H and O–H groups in total. The van der Waals surface area contributed by atoms with Gasteiger partial charge in [-0.3, -0.25) is 19.2 Å². The molecule has 0 unspecified atom stereocenters. The topological polar surface area (TPSA) is 345 Å². The summed E-state index contributed by atoms with van der Waals surface area (Å²) >= 11 is 29.9. The number of nitrogens with one attached hydrogen (secondary N) is 3. The molecular weight excluding hydrogens is 1620 g/mol. The minimum Gasteiger partial charge on any atom is -0.495 e. The van der Waals surface area contributed by atoms with Crippen LogP contribution in [-0.4, -0.2) is 138 Å². The molecule has 0 aromatic heterocycles. The van der Waals surface area contributed by atoms with Gasteiger partial charge in [0.05, 0.1) is 37.1 Å². The number of alkyl halides is 3. The molecule has 0 fully saturated rings. The van der Waals surface area contributed by atoms with Gasteiger partial charge in [-0.05, 0) is 128 Å². The lowest BCUT2D eigenvalue weighted by Crippen LogP contribution is -2.43. The van der Waals surface area contributed by atoms with E-state index in [4.69, 9.17) is 102 Å². The van der Waals surface area contributed by atoms with E-state index in [1.54, 1.807) is 57.2 Å². The molecule has 0 aliphatic heterocycles. The van der Waals surface area contributed by atoms with Gasteiger partial charge < -0.3 is 70.8 Å². The number of nitrogens with two attached hydrogens (primary N) is 1. The van der Waals surface area contributed by atoms with Crippen LogP contribution in [0, 0.1) is 23.7 Å². The van der Waals surface area contributed by atoms with Crippen molar-refractivity contribution in [2.45, 2.75) is 192 Å². The van der Waals surface area contributed by atoms with Crippen molar-refractivity contribution in [1.29, 1.82) is 0 Å². The molecule has 0 bridgehead atoms. The van der Waals surface area contributed by atoms with Crippen LogP contribution < -0.4 is 37.3 Å². The number of esters is 5. The van der Waals surface area contributed by atoms with Crippen molar-refractivity contribution in [3.05, 3.63) is 238 Å². The van der Waals surface area contributed by atoms with Crippen LogP contribution >= 0.6 is 58.0 Å². The van der Waals surface area contributed by atoms with E-state index >= 15 is 0 Å². The Balaban J connectivity index is 0.000000612. The monoisotopic (exact) mass is 1730 g/mol. The SMILES string of the molecule is C.COc1ccc(C[C@@H](NC(=O)/C=C/C[C@H](OC(=O)[C@H](CC(C)C)OC(=O)C[C@@H](Cc2ccccc2)NC(=O)OC(C)(C)C)[C@H](C)/C=C/c2ccccc2)C(=O)OCC(Cl)(Cl)Cl)cc1Cl.COc1ccc(C[C@@H](NC(=O)/C=C/C[C@H](OC(=O)[C@H](CC(C)C)OC(=O)C[C@H](N)Cc2ccccc2)[C@H](C)/C=C/c2ccccc2)C(=O)O)cc1Cl.N. The normalized spacial score (nSPS) is 14.1. The lowest BCUT2D eigenvalue weighted by molar-refractivity contribution is -0.174. The molecule has 6 aromatic carbocycles. The maximum Gasteiger partial charge on any atom is 0.407 e. The lowest BCUT2D eigenvalue weighted by atomic mass is 9.99. The van der Waals surface area contributed by atoms with Gasteiger partial charge in [0.25, 0.3) is 0 Å². The van der Waals surface area contributed by atoms with Gasteiger partial charge in [-0.2, -0.15) is 0 Å². The van der Waals surface area contributed by atoms with E-state index in [9.17, 15) is 48.3 Å². The first-order valence-electron chi connectivity index (χ1n) is 38.1. The zero-order valence-electron chi connectivity index (χ0n) is 67.9. The molecule has 0 aliphatic carbocycles. The Morgan fingerprint density at radius 1 is 0.500 bits per heavy atom. The first-order chi connectivity index (χ1) is 54.9. The number of carboxylic acids is 1. The summed E-state index contributed by atoms with van der Waals surface area (Å²) in [4.78, 5) is 118. The minimum absolute atomic E-state index is 0. The van der Waals surface area contributed by atoms with Crippen LogP contribution in [0.5, 0.6) is 11.5 Å². The van der Waals surface area contributed by atoms with Gasteiger partial charge in [-0.1, -0.05) is 277 Å². The van der Waals surface area contributed by atoms with Crippen LogP contribution in [0.3, 0.4) is 0 Å². The zero-order chi connectivity index (χ0) is 85.5. The van der Waals surface area contributed by atoms with Crippen molar-refractivity contribution in [1.82, 2.24) is 22.1 Å². The van der Waals surface area contributed by atoms with Gasteiger partial charge in [0.1, 0.15) is 48.0 Å². The number of aliphatic carboxylic acids is 1. The van der Waals surface area contributed by atoms with E-state index in [0.717, 1.165) is 22.3 Å². The Bertz CT molecular complexity index is 4240. The number of carbonyl (C=O) groups is 9. The first kappa shape index (κ1) is 102. The summed E-state index contributed by atoms with van der Waals surface area (Å²) in [7, 11) is 2.94. The van der Waals surface area contributed by atoms with Crippen molar-refractivity contribution in [3.63, 3.8) is 0 Å². The number of benzene rings is 6. The quantitative estimate of drug-likeness (QED) is 0.00897. The van der Waals surface area contributed by atoms with Gasteiger partial charge in [0.15, 0.2) is 12.2 Å². The van der Waals surface area contributed by atoms with E-state index in [0.29, 0.717) is 45.5 Å². The molecule has 0 heterocycles. The fourth-order valence-electron chi connectivity index (χ4n) is 11.5. The van der Waals surface area contributed by atoms with Gasteiger partial charge in [0, 0.05) is 49.6 Å². The number of carboxylic acid groups (broad SMARTS) is 1. The summed E-state index contributed by atoms with van der Waals surface area (Å²) in [6, 6.07) is 44.1. The third kappa shape index (κ3) is 41.1. The fourth-order valence-corrected chi connectivity index (χ4v) is 12.3. The smallest absolute Gasteiger partial charge is 0.407 e. The second kappa shape index (κ2) is 52.9. The third-order valence-corrected chi connectivity index (χ3v) is 18.3. The molecule has 6 aromatic rings. The molecule has 28 heteroatoms. The molecule has 10 atom stereocenters. The number of hydrogen-bond donors (Lipinski definition) is 6. The fraction of sp³-hybridized carbons (Fsp3) is 0.411. The van der Waals surface area contributed by atoms with Crippen molar-refractivity contribution in [3.8, 4) is 11.5 Å². The largest absolute Gasteiger partial charge is 0.495 e. The average Bonchev–Trinajstić information content (AvgIpc) is 0.866. The Kier molecular flexibility index (Phi) is 46.0.